The van der Waals surface area contributed by atoms with Gasteiger partial charge in [0.25, 0.3) is 0 Å². The van der Waals surface area contributed by atoms with Crippen molar-refractivity contribution in [1.82, 2.24) is 14.7 Å². The molecule has 210 valence electrons. The SMILES string of the molecule is CCOC(=O)N1CCN(CCN2C[C@H]3O[C@](C)(C2)[C@@H]2C(=O)N(c4ccc(C#N)c(C(F)(F)F)c4)C(=O)[C@@H]23)CC1. The molecule has 4 heterocycles. The number of hydrogen-bond donors (Lipinski definition) is 0. The van der Waals surface area contributed by atoms with Crippen LogP contribution in [0.3, 0.4) is 0 Å². The summed E-state index contributed by atoms with van der Waals surface area (Å²) in [5, 5.41) is 9.08. The molecular formula is C26H30F3N5O5. The van der Waals surface area contributed by atoms with E-state index in [0.717, 1.165) is 17.5 Å². The zero-order valence-corrected chi connectivity index (χ0v) is 21.7. The Balaban J connectivity index is 1.25. The van der Waals surface area contributed by atoms with Gasteiger partial charge < -0.3 is 14.4 Å². The summed E-state index contributed by atoms with van der Waals surface area (Å²) < 4.78 is 51.8. The highest BCUT2D eigenvalue weighted by molar-refractivity contribution is 6.23. The first kappa shape index (κ1) is 27.4. The van der Waals surface area contributed by atoms with Crippen LogP contribution in [-0.2, 0) is 25.2 Å². The number of likely N-dealkylation sites (tertiary alicyclic amines) is 1. The number of amides is 3. The molecule has 10 nitrogen and oxygen atoms in total. The van der Waals surface area contributed by atoms with E-state index in [1.807, 2.05) is 0 Å². The number of ether oxygens (including phenoxy) is 2. The van der Waals surface area contributed by atoms with Gasteiger partial charge in [-0.15, -0.1) is 0 Å². The van der Waals surface area contributed by atoms with Crippen molar-refractivity contribution in [2.24, 2.45) is 11.8 Å². The summed E-state index contributed by atoms with van der Waals surface area (Å²) >= 11 is 0. The number of halogens is 3. The van der Waals surface area contributed by atoms with Crippen molar-refractivity contribution >= 4 is 23.6 Å². The minimum absolute atomic E-state index is 0.189. The van der Waals surface area contributed by atoms with Crippen LogP contribution >= 0.6 is 0 Å². The van der Waals surface area contributed by atoms with Crippen LogP contribution in [0, 0.1) is 23.2 Å². The Kier molecular flexibility index (Phi) is 7.07. The molecule has 3 amide bonds. The molecule has 4 fully saturated rings. The second-order valence-electron chi connectivity index (χ2n) is 10.6. The lowest BCUT2D eigenvalue weighted by molar-refractivity contribution is -0.141. The number of carbonyl (C=O) groups excluding carboxylic acids is 3. The Morgan fingerprint density at radius 2 is 1.85 bits per heavy atom. The second kappa shape index (κ2) is 10.1. The summed E-state index contributed by atoms with van der Waals surface area (Å²) in [5.41, 5.74) is -2.91. The quantitative estimate of drug-likeness (QED) is 0.513. The van der Waals surface area contributed by atoms with Crippen molar-refractivity contribution in [1.29, 1.82) is 5.26 Å². The van der Waals surface area contributed by atoms with E-state index in [-0.39, 0.29) is 11.8 Å². The molecule has 4 saturated heterocycles. The van der Waals surface area contributed by atoms with E-state index in [9.17, 15) is 27.6 Å². The molecule has 4 aliphatic heterocycles. The van der Waals surface area contributed by atoms with Gasteiger partial charge in [0.15, 0.2) is 0 Å². The van der Waals surface area contributed by atoms with Gasteiger partial charge in [-0.2, -0.15) is 18.4 Å². The average Bonchev–Trinajstić information content (AvgIpc) is 3.29. The van der Waals surface area contributed by atoms with Crippen molar-refractivity contribution in [3.05, 3.63) is 29.3 Å². The summed E-state index contributed by atoms with van der Waals surface area (Å²) in [6.07, 6.45) is -5.67. The molecule has 1 aromatic carbocycles. The molecule has 4 aliphatic rings. The third-order valence-electron chi connectivity index (χ3n) is 8.12. The van der Waals surface area contributed by atoms with Crippen LogP contribution in [0.2, 0.25) is 0 Å². The normalized spacial score (nSPS) is 29.5. The molecule has 39 heavy (non-hydrogen) atoms. The van der Waals surface area contributed by atoms with E-state index in [1.165, 1.54) is 12.1 Å². The summed E-state index contributed by atoms with van der Waals surface area (Å²) in [5.74, 6) is -2.75. The Labute approximate surface area is 223 Å². The molecule has 0 aliphatic carbocycles. The molecule has 13 heteroatoms. The molecule has 0 radical (unpaired) electrons. The number of carbonyl (C=O) groups is 3. The van der Waals surface area contributed by atoms with Crippen molar-refractivity contribution in [2.75, 3.05) is 63.9 Å². The number of imide groups is 1. The summed E-state index contributed by atoms with van der Waals surface area (Å²) in [6.45, 7) is 8.73. The largest absolute Gasteiger partial charge is 0.450 e. The maximum atomic E-state index is 13.5. The van der Waals surface area contributed by atoms with Gasteiger partial charge in [-0.3, -0.25) is 19.4 Å². The first-order chi connectivity index (χ1) is 18.5. The molecule has 0 unspecified atom stereocenters. The van der Waals surface area contributed by atoms with Crippen LogP contribution in [0.4, 0.5) is 23.7 Å². The maximum Gasteiger partial charge on any atom is 0.417 e. The predicted molar refractivity (Wildman–Crippen MR) is 130 cm³/mol. The van der Waals surface area contributed by atoms with E-state index < -0.39 is 52.7 Å². The molecule has 4 atom stereocenters. The number of morpholine rings is 1. The number of nitriles is 1. The lowest BCUT2D eigenvalue weighted by Gasteiger charge is -2.41. The maximum absolute atomic E-state index is 13.5. The van der Waals surface area contributed by atoms with Gasteiger partial charge in [0, 0.05) is 52.4 Å². The van der Waals surface area contributed by atoms with E-state index in [1.54, 1.807) is 18.7 Å². The van der Waals surface area contributed by atoms with Crippen LogP contribution in [0.1, 0.15) is 25.0 Å². The number of piperazine rings is 1. The monoisotopic (exact) mass is 549 g/mol. The van der Waals surface area contributed by atoms with Gasteiger partial charge in [0.05, 0.1) is 53.0 Å². The van der Waals surface area contributed by atoms with E-state index in [2.05, 4.69) is 9.80 Å². The van der Waals surface area contributed by atoms with Crippen molar-refractivity contribution in [2.45, 2.75) is 31.7 Å². The third-order valence-corrected chi connectivity index (χ3v) is 8.12. The standard InChI is InChI=1S/C26H30F3N5O5/c1-3-38-24(37)33-10-8-31(9-11-33)6-7-32-14-19-20-21(25(2,15-32)39-19)23(36)34(22(20)35)17-5-4-16(13-30)18(12-17)26(27,28)29/h4-5,12,19-21H,3,6-11,14-15H2,1-2H3/t19-,20-,21+,25-/m1/s1. The lowest BCUT2D eigenvalue weighted by atomic mass is 9.83. The molecular weight excluding hydrogens is 519 g/mol. The van der Waals surface area contributed by atoms with Gasteiger partial charge in [0.2, 0.25) is 11.8 Å². The highest BCUT2D eigenvalue weighted by Gasteiger charge is 2.67. The van der Waals surface area contributed by atoms with Crippen LogP contribution in [-0.4, -0.2) is 103 Å². The number of fused-ring (bicyclic) bond motifs is 5. The van der Waals surface area contributed by atoms with Crippen LogP contribution in [0.5, 0.6) is 0 Å². The van der Waals surface area contributed by atoms with Gasteiger partial charge in [-0.1, -0.05) is 0 Å². The fourth-order valence-corrected chi connectivity index (χ4v) is 6.33. The minimum atomic E-state index is -4.81. The van der Waals surface area contributed by atoms with E-state index in [4.69, 9.17) is 14.7 Å². The molecule has 5 rings (SSSR count). The average molecular weight is 550 g/mol. The van der Waals surface area contributed by atoms with Crippen molar-refractivity contribution in [3.63, 3.8) is 0 Å². The summed E-state index contributed by atoms with van der Waals surface area (Å²) in [4.78, 5) is 45.8. The molecule has 0 saturated carbocycles. The van der Waals surface area contributed by atoms with Crippen LogP contribution in [0.25, 0.3) is 0 Å². The lowest BCUT2D eigenvalue weighted by Crippen LogP contribution is -2.56. The van der Waals surface area contributed by atoms with Gasteiger partial charge in [-0.05, 0) is 32.0 Å². The van der Waals surface area contributed by atoms with Gasteiger partial charge >= 0.3 is 12.3 Å². The van der Waals surface area contributed by atoms with Crippen molar-refractivity contribution in [3.8, 4) is 6.07 Å². The molecule has 0 aromatic heterocycles. The summed E-state index contributed by atoms with van der Waals surface area (Å²) in [6, 6.07) is 4.40. The molecule has 1 aromatic rings. The zero-order chi connectivity index (χ0) is 28.1. The van der Waals surface area contributed by atoms with Gasteiger partial charge in [-0.25, -0.2) is 9.69 Å². The van der Waals surface area contributed by atoms with Crippen LogP contribution in [0.15, 0.2) is 18.2 Å². The Morgan fingerprint density at radius 3 is 2.49 bits per heavy atom. The first-order valence-corrected chi connectivity index (χ1v) is 13.0. The third kappa shape index (κ3) is 4.85. The smallest absolute Gasteiger partial charge is 0.417 e. The summed E-state index contributed by atoms with van der Waals surface area (Å²) in [7, 11) is 0. The Morgan fingerprint density at radius 1 is 1.15 bits per heavy atom. The second-order valence-corrected chi connectivity index (χ2v) is 10.6. The number of benzene rings is 1. The number of hydrogen-bond acceptors (Lipinski definition) is 8. The fourth-order valence-electron chi connectivity index (χ4n) is 6.33. The number of nitrogens with zero attached hydrogens (tertiary/aromatic N) is 5. The van der Waals surface area contributed by atoms with Crippen LogP contribution < -0.4 is 4.90 Å². The molecule has 2 bridgehead atoms. The predicted octanol–water partition coefficient (Wildman–Crippen LogP) is 1.93. The first-order valence-electron chi connectivity index (χ1n) is 13.0. The Hall–Kier alpha value is -3.21. The molecule has 0 spiro atoms. The van der Waals surface area contributed by atoms with E-state index in [0.29, 0.717) is 58.5 Å². The topological polar surface area (TPSA) is 106 Å². The number of anilines is 1. The minimum Gasteiger partial charge on any atom is -0.450 e. The molecule has 0 N–H and O–H groups in total. The van der Waals surface area contributed by atoms with Gasteiger partial charge in [0.1, 0.15) is 0 Å². The highest BCUT2D eigenvalue weighted by atomic mass is 19.4. The number of alkyl halides is 3. The zero-order valence-electron chi connectivity index (χ0n) is 21.7. The highest BCUT2D eigenvalue weighted by Crippen LogP contribution is 2.50. The van der Waals surface area contributed by atoms with E-state index >= 15 is 0 Å². The Bertz CT molecular complexity index is 1210. The fraction of sp³-hybridized carbons (Fsp3) is 0.615. The number of rotatable bonds is 5. The van der Waals surface area contributed by atoms with Crippen molar-refractivity contribution < 1.29 is 37.0 Å².